The summed E-state index contributed by atoms with van der Waals surface area (Å²) in [5, 5.41) is 0. The first kappa shape index (κ1) is 12.3. The van der Waals surface area contributed by atoms with Crippen LogP contribution in [0, 0.1) is 0 Å². The Bertz CT molecular complexity index is 307. The number of hydrogen-bond acceptors (Lipinski definition) is 1. The summed E-state index contributed by atoms with van der Waals surface area (Å²) in [4.78, 5) is 0. The predicted octanol–water partition coefficient (Wildman–Crippen LogP) is 3.56. The average Bonchev–Trinajstić information content (AvgIpc) is 2.15. The predicted molar refractivity (Wildman–Crippen MR) is 56.1 cm³/mol. The monoisotopic (exact) mass is 236 g/mol. The Balaban J connectivity index is 2.72. The van der Waals surface area contributed by atoms with Gasteiger partial charge in [0.15, 0.2) is 0 Å². The molecule has 1 aromatic carbocycles. The van der Waals surface area contributed by atoms with Gasteiger partial charge in [-0.25, -0.2) is 0 Å². The van der Waals surface area contributed by atoms with Gasteiger partial charge in [-0.1, -0.05) is 19.1 Å². The summed E-state index contributed by atoms with van der Waals surface area (Å²) in [5.41, 5.74) is 1.000. The van der Waals surface area contributed by atoms with E-state index in [1.165, 1.54) is 12.1 Å². The van der Waals surface area contributed by atoms with E-state index >= 15 is 0 Å². The highest BCUT2D eigenvalue weighted by atomic mass is 31.0. The van der Waals surface area contributed by atoms with Crippen molar-refractivity contribution in [1.82, 2.24) is 0 Å². The van der Waals surface area contributed by atoms with Crippen LogP contribution in [-0.4, -0.2) is 12.5 Å². The van der Waals surface area contributed by atoms with Gasteiger partial charge in [0.25, 0.3) is 0 Å². The second kappa shape index (κ2) is 4.84. The standard InChI is InChI=1S/C10H12F3OP/c1-7(6-15)8-2-4-9(5-3-8)14-10(11,12)13/h2-5,7H,6,15H2,1H3. The molecular formula is C10H12F3OP. The molecule has 0 spiro atoms. The molecule has 0 heterocycles. The number of benzene rings is 1. The zero-order valence-corrected chi connectivity index (χ0v) is 9.37. The summed E-state index contributed by atoms with van der Waals surface area (Å²) >= 11 is 0. The first-order chi connectivity index (χ1) is 6.92. The fourth-order valence-electron chi connectivity index (χ4n) is 1.13. The molecule has 0 saturated heterocycles. The van der Waals surface area contributed by atoms with Gasteiger partial charge in [0.1, 0.15) is 5.75 Å². The Morgan fingerprint density at radius 1 is 1.27 bits per heavy atom. The van der Waals surface area contributed by atoms with E-state index in [2.05, 4.69) is 14.0 Å². The van der Waals surface area contributed by atoms with Crippen LogP contribution in [0.2, 0.25) is 0 Å². The van der Waals surface area contributed by atoms with Crippen LogP contribution in [-0.2, 0) is 0 Å². The van der Waals surface area contributed by atoms with E-state index in [1.807, 2.05) is 6.92 Å². The molecule has 0 fully saturated rings. The van der Waals surface area contributed by atoms with Crippen LogP contribution in [0.3, 0.4) is 0 Å². The summed E-state index contributed by atoms with van der Waals surface area (Å²) in [6, 6.07) is 5.96. The molecule has 0 saturated carbocycles. The van der Waals surface area contributed by atoms with Crippen LogP contribution in [0.1, 0.15) is 18.4 Å². The Morgan fingerprint density at radius 3 is 2.20 bits per heavy atom. The van der Waals surface area contributed by atoms with Gasteiger partial charge in [0.05, 0.1) is 0 Å². The van der Waals surface area contributed by atoms with Crippen LogP contribution < -0.4 is 4.74 Å². The fourth-order valence-corrected chi connectivity index (χ4v) is 1.41. The zero-order chi connectivity index (χ0) is 11.5. The van der Waals surface area contributed by atoms with Crippen molar-refractivity contribution < 1.29 is 17.9 Å². The lowest BCUT2D eigenvalue weighted by Crippen LogP contribution is -2.17. The molecule has 0 aromatic heterocycles. The van der Waals surface area contributed by atoms with Crippen molar-refractivity contribution in [3.8, 4) is 5.75 Å². The largest absolute Gasteiger partial charge is 0.573 e. The van der Waals surface area contributed by atoms with Gasteiger partial charge in [-0.2, -0.15) is 0 Å². The quantitative estimate of drug-likeness (QED) is 0.729. The highest BCUT2D eigenvalue weighted by Crippen LogP contribution is 2.25. The molecule has 0 N–H and O–H groups in total. The molecule has 0 aliphatic heterocycles. The maximum Gasteiger partial charge on any atom is 0.573 e. The molecule has 2 atom stereocenters. The minimum Gasteiger partial charge on any atom is -0.406 e. The highest BCUT2D eigenvalue weighted by Gasteiger charge is 2.30. The lowest BCUT2D eigenvalue weighted by Gasteiger charge is -2.11. The average molecular weight is 236 g/mol. The van der Waals surface area contributed by atoms with Crippen LogP contribution in [0.5, 0.6) is 5.75 Å². The Hall–Kier alpha value is -0.760. The molecule has 0 aliphatic carbocycles. The Kier molecular flexibility index (Phi) is 3.97. The summed E-state index contributed by atoms with van der Waals surface area (Å²) in [5.74, 6) is 0.136. The third kappa shape index (κ3) is 4.08. The van der Waals surface area contributed by atoms with Crippen molar-refractivity contribution in [2.75, 3.05) is 6.16 Å². The van der Waals surface area contributed by atoms with E-state index in [4.69, 9.17) is 0 Å². The van der Waals surface area contributed by atoms with Gasteiger partial charge in [0, 0.05) is 0 Å². The molecule has 0 bridgehead atoms. The first-order valence-electron chi connectivity index (χ1n) is 4.48. The second-order valence-corrected chi connectivity index (χ2v) is 3.72. The van der Waals surface area contributed by atoms with E-state index in [0.29, 0.717) is 5.92 Å². The third-order valence-corrected chi connectivity index (χ3v) is 2.74. The SMILES string of the molecule is CC(CP)c1ccc(OC(F)(F)F)cc1. The second-order valence-electron chi connectivity index (χ2n) is 3.25. The van der Waals surface area contributed by atoms with Gasteiger partial charge in [-0.15, -0.1) is 22.4 Å². The number of rotatable bonds is 3. The van der Waals surface area contributed by atoms with Gasteiger partial charge < -0.3 is 4.74 Å². The van der Waals surface area contributed by atoms with Crippen molar-refractivity contribution >= 4 is 9.24 Å². The number of hydrogen-bond donors (Lipinski definition) is 0. The lowest BCUT2D eigenvalue weighted by molar-refractivity contribution is -0.274. The van der Waals surface area contributed by atoms with Crippen molar-refractivity contribution in [2.45, 2.75) is 19.2 Å². The number of halogens is 3. The maximum absolute atomic E-state index is 11.8. The molecule has 15 heavy (non-hydrogen) atoms. The van der Waals surface area contributed by atoms with Crippen LogP contribution in [0.4, 0.5) is 13.2 Å². The minimum atomic E-state index is -4.62. The number of alkyl halides is 3. The maximum atomic E-state index is 11.8. The van der Waals surface area contributed by atoms with Crippen molar-refractivity contribution in [1.29, 1.82) is 0 Å². The van der Waals surface area contributed by atoms with Crippen molar-refractivity contribution in [3.05, 3.63) is 29.8 Å². The minimum absolute atomic E-state index is 0.179. The summed E-state index contributed by atoms with van der Waals surface area (Å²) in [6.45, 7) is 2.01. The highest BCUT2D eigenvalue weighted by molar-refractivity contribution is 7.16. The molecule has 1 rings (SSSR count). The molecule has 1 nitrogen and oxygen atoms in total. The summed E-state index contributed by atoms with van der Waals surface area (Å²) < 4.78 is 39.3. The molecular weight excluding hydrogens is 224 g/mol. The van der Waals surface area contributed by atoms with Crippen LogP contribution in [0.15, 0.2) is 24.3 Å². The van der Waals surface area contributed by atoms with Gasteiger partial charge >= 0.3 is 6.36 Å². The Morgan fingerprint density at radius 2 is 1.80 bits per heavy atom. The van der Waals surface area contributed by atoms with E-state index in [1.54, 1.807) is 12.1 Å². The number of ether oxygens (including phenoxy) is 1. The van der Waals surface area contributed by atoms with E-state index < -0.39 is 6.36 Å². The summed E-state index contributed by atoms with van der Waals surface area (Å²) in [6.07, 6.45) is -3.74. The van der Waals surface area contributed by atoms with Crippen molar-refractivity contribution in [2.24, 2.45) is 0 Å². The fraction of sp³-hybridized carbons (Fsp3) is 0.400. The van der Waals surface area contributed by atoms with Crippen LogP contribution in [0.25, 0.3) is 0 Å². The Labute approximate surface area is 88.8 Å². The molecule has 0 aliphatic rings. The molecule has 0 amide bonds. The van der Waals surface area contributed by atoms with Gasteiger partial charge in [-0.3, -0.25) is 0 Å². The van der Waals surface area contributed by atoms with Gasteiger partial charge in [0.2, 0.25) is 0 Å². The van der Waals surface area contributed by atoms with Crippen LogP contribution >= 0.6 is 9.24 Å². The van der Waals surface area contributed by atoms with E-state index in [9.17, 15) is 13.2 Å². The van der Waals surface area contributed by atoms with Gasteiger partial charge in [-0.05, 0) is 29.8 Å². The van der Waals surface area contributed by atoms with E-state index in [-0.39, 0.29) is 5.75 Å². The van der Waals surface area contributed by atoms with Crippen molar-refractivity contribution in [3.63, 3.8) is 0 Å². The molecule has 1 aromatic rings. The zero-order valence-electron chi connectivity index (χ0n) is 8.21. The summed E-state index contributed by atoms with van der Waals surface area (Å²) in [7, 11) is 2.60. The normalized spacial score (nSPS) is 13.7. The first-order valence-corrected chi connectivity index (χ1v) is 5.30. The molecule has 84 valence electrons. The molecule has 0 radical (unpaired) electrons. The molecule has 2 unspecified atom stereocenters. The van der Waals surface area contributed by atoms with E-state index in [0.717, 1.165) is 11.7 Å². The lowest BCUT2D eigenvalue weighted by atomic mass is 10.0. The molecule has 5 heteroatoms. The third-order valence-electron chi connectivity index (χ3n) is 2.04. The topological polar surface area (TPSA) is 9.23 Å². The smallest absolute Gasteiger partial charge is 0.406 e.